The number of carboxylic acids is 1. The first-order valence-electron chi connectivity index (χ1n) is 6.93. The summed E-state index contributed by atoms with van der Waals surface area (Å²) in [5.41, 5.74) is 5.70. The van der Waals surface area contributed by atoms with Gasteiger partial charge in [0.2, 0.25) is 5.91 Å². The van der Waals surface area contributed by atoms with Gasteiger partial charge in [-0.25, -0.2) is 9.78 Å². The number of thioether (sulfide) groups is 1. The Morgan fingerprint density at radius 2 is 2.27 bits per heavy atom. The van der Waals surface area contributed by atoms with Gasteiger partial charge in [0.25, 0.3) is 0 Å². The predicted molar refractivity (Wildman–Crippen MR) is 91.7 cm³/mol. The van der Waals surface area contributed by atoms with Crippen molar-refractivity contribution in [2.24, 2.45) is 5.73 Å². The first-order valence-corrected chi connectivity index (χ1v) is 8.79. The van der Waals surface area contributed by atoms with Crippen LogP contribution in [0.3, 0.4) is 0 Å². The Morgan fingerprint density at radius 3 is 2.82 bits per heavy atom. The molecular weight excluding hydrogens is 322 g/mol. The van der Waals surface area contributed by atoms with Crippen molar-refractivity contribution in [3.05, 3.63) is 11.1 Å². The van der Waals surface area contributed by atoms with E-state index in [1.165, 1.54) is 28.5 Å². The second kappa shape index (κ2) is 10.6. The lowest BCUT2D eigenvalue weighted by atomic mass is 10.2. The van der Waals surface area contributed by atoms with E-state index in [4.69, 9.17) is 10.8 Å². The van der Waals surface area contributed by atoms with Gasteiger partial charge in [0.05, 0.1) is 0 Å². The molecule has 0 aromatic carbocycles. The van der Waals surface area contributed by atoms with Crippen LogP contribution in [-0.4, -0.2) is 51.8 Å². The second-order valence-electron chi connectivity index (χ2n) is 4.17. The van der Waals surface area contributed by atoms with E-state index in [9.17, 15) is 9.59 Å². The van der Waals surface area contributed by atoms with E-state index in [2.05, 4.69) is 4.98 Å². The van der Waals surface area contributed by atoms with Gasteiger partial charge in [-0.3, -0.25) is 4.79 Å². The van der Waals surface area contributed by atoms with E-state index >= 15 is 0 Å². The van der Waals surface area contributed by atoms with Gasteiger partial charge in [-0.05, 0) is 6.42 Å². The Morgan fingerprint density at radius 1 is 1.59 bits per heavy atom. The number of carboxylic acid groups (broad SMARTS) is 1. The molecule has 1 atom stereocenters. The van der Waals surface area contributed by atoms with Gasteiger partial charge in [-0.2, -0.15) is 0 Å². The third-order valence-corrected chi connectivity index (χ3v) is 4.99. The number of nitrogens with two attached hydrogens (primary N) is 1. The number of carbonyl (C=O) groups is 2. The third kappa shape index (κ3) is 5.58. The molecule has 1 aliphatic rings. The number of hydrogen-bond acceptors (Lipinski definition) is 6. The van der Waals surface area contributed by atoms with Gasteiger partial charge < -0.3 is 15.7 Å². The van der Waals surface area contributed by atoms with Crippen LogP contribution >= 0.6 is 23.1 Å². The molecule has 0 spiro atoms. The van der Waals surface area contributed by atoms with Crippen molar-refractivity contribution < 1.29 is 14.7 Å². The minimum Gasteiger partial charge on any atom is -0.476 e. The van der Waals surface area contributed by atoms with Crippen LogP contribution in [0.4, 0.5) is 0 Å². The Bertz CT molecular complexity index is 480. The lowest BCUT2D eigenvalue weighted by Gasteiger charge is -2.23. The summed E-state index contributed by atoms with van der Waals surface area (Å²) in [6, 6.07) is 0.152. The maximum atomic E-state index is 11.6. The van der Waals surface area contributed by atoms with Crippen LogP contribution in [0.5, 0.6) is 0 Å². The maximum absolute atomic E-state index is 11.6. The van der Waals surface area contributed by atoms with E-state index in [0.29, 0.717) is 29.6 Å². The molecule has 1 fully saturated rings. The zero-order valence-corrected chi connectivity index (χ0v) is 13.9. The number of carbonyl (C=O) groups excluding carboxylic acids is 1. The molecule has 1 aromatic heterocycles. The molecule has 0 unspecified atom stereocenters. The predicted octanol–water partition coefficient (Wildman–Crippen LogP) is 2.55. The van der Waals surface area contributed by atoms with E-state index in [-0.39, 0.29) is 25.1 Å². The minimum atomic E-state index is -1.01. The van der Waals surface area contributed by atoms with Crippen LogP contribution in [0.25, 0.3) is 0 Å². The molecule has 2 rings (SSSR count). The van der Waals surface area contributed by atoms with Crippen LogP contribution < -0.4 is 5.73 Å². The summed E-state index contributed by atoms with van der Waals surface area (Å²) >= 11 is 2.78. The van der Waals surface area contributed by atoms with E-state index in [1.807, 2.05) is 18.7 Å². The lowest BCUT2D eigenvalue weighted by molar-refractivity contribution is -0.128. The number of aromatic nitrogens is 1. The smallest absolute Gasteiger partial charge is 0.355 e. The highest BCUT2D eigenvalue weighted by molar-refractivity contribution is 8.01. The molecule has 8 heteroatoms. The Hall–Kier alpha value is -1.12. The highest BCUT2D eigenvalue weighted by Gasteiger charge is 2.29. The van der Waals surface area contributed by atoms with E-state index < -0.39 is 5.97 Å². The first kappa shape index (κ1) is 20.9. The molecule has 1 amide bonds. The quantitative estimate of drug-likeness (QED) is 0.768. The normalized spacial score (nSPS) is 16.8. The van der Waals surface area contributed by atoms with Gasteiger partial charge in [0.1, 0.15) is 0 Å². The van der Waals surface area contributed by atoms with Gasteiger partial charge in [-0.1, -0.05) is 33.0 Å². The molecule has 6 nitrogen and oxygen atoms in total. The zero-order chi connectivity index (χ0) is 15.8. The number of likely N-dealkylation sites (tertiary alicyclic amines) is 1. The molecular formula is C14H25N3O3S2. The molecule has 1 saturated heterocycles. The number of hydrogen-bond donors (Lipinski definition) is 2. The molecule has 0 aliphatic carbocycles. The Kier molecular flexibility index (Phi) is 10.0. The van der Waals surface area contributed by atoms with Crippen LogP contribution in [0.15, 0.2) is 9.72 Å². The number of aromatic carboxylic acids is 1. The van der Waals surface area contributed by atoms with Crippen LogP contribution in [0.1, 0.15) is 44.6 Å². The summed E-state index contributed by atoms with van der Waals surface area (Å²) in [6.45, 7) is 5.13. The van der Waals surface area contributed by atoms with Gasteiger partial charge in [0.15, 0.2) is 10.0 Å². The van der Waals surface area contributed by atoms with Crippen molar-refractivity contribution in [3.8, 4) is 0 Å². The average molecular weight is 348 g/mol. The fourth-order valence-corrected chi connectivity index (χ4v) is 3.81. The standard InChI is InChI=1S/C11H15N3O3S2.C2H6.CH4/c12-5-7-1-2-9(15)14(7)3-4-18-11-13-8(6-19-11)10(16)17;1-2;/h6-7H,1-5,12H2,(H,16,17);1-2H3;1H4/t7-;;/m1../s1. The summed E-state index contributed by atoms with van der Waals surface area (Å²) in [5.74, 6) is -0.156. The lowest BCUT2D eigenvalue weighted by Crippen LogP contribution is -2.39. The highest BCUT2D eigenvalue weighted by atomic mass is 32.2. The highest BCUT2D eigenvalue weighted by Crippen LogP contribution is 2.24. The van der Waals surface area contributed by atoms with E-state index in [1.54, 1.807) is 0 Å². The van der Waals surface area contributed by atoms with Crippen molar-refractivity contribution in [1.29, 1.82) is 0 Å². The summed E-state index contributed by atoms with van der Waals surface area (Å²) in [5, 5.41) is 10.3. The molecule has 22 heavy (non-hydrogen) atoms. The Labute approximate surface area is 140 Å². The topological polar surface area (TPSA) is 96.5 Å². The van der Waals surface area contributed by atoms with Crippen molar-refractivity contribution >= 4 is 35.0 Å². The van der Waals surface area contributed by atoms with Crippen molar-refractivity contribution in [2.75, 3.05) is 18.8 Å². The van der Waals surface area contributed by atoms with Gasteiger partial charge >= 0.3 is 5.97 Å². The Balaban J connectivity index is 0.00000141. The SMILES string of the molecule is C.CC.NC[C@H]1CCC(=O)N1CCSc1nc(C(=O)O)cs1. The summed E-state index contributed by atoms with van der Waals surface area (Å²) in [7, 11) is 0. The maximum Gasteiger partial charge on any atom is 0.355 e. The van der Waals surface area contributed by atoms with E-state index in [0.717, 1.165) is 6.42 Å². The molecule has 1 aliphatic heterocycles. The number of amides is 1. The fourth-order valence-electron chi connectivity index (χ4n) is 2.00. The molecule has 2 heterocycles. The third-order valence-electron chi connectivity index (χ3n) is 2.98. The summed E-state index contributed by atoms with van der Waals surface area (Å²) in [4.78, 5) is 28.1. The zero-order valence-electron chi connectivity index (χ0n) is 12.2. The molecule has 126 valence electrons. The molecule has 0 bridgehead atoms. The molecule has 0 radical (unpaired) electrons. The first-order chi connectivity index (χ1) is 10.1. The molecule has 1 aromatic rings. The van der Waals surface area contributed by atoms with Crippen molar-refractivity contribution in [2.45, 2.75) is 44.5 Å². The molecule has 0 saturated carbocycles. The van der Waals surface area contributed by atoms with Crippen LogP contribution in [-0.2, 0) is 4.79 Å². The van der Waals surface area contributed by atoms with Crippen LogP contribution in [0.2, 0.25) is 0 Å². The fraction of sp³-hybridized carbons (Fsp3) is 0.643. The minimum absolute atomic E-state index is 0. The second-order valence-corrected chi connectivity index (χ2v) is 6.37. The molecule has 3 N–H and O–H groups in total. The number of thiazole rings is 1. The number of rotatable bonds is 6. The number of nitrogens with zero attached hydrogens (tertiary/aromatic N) is 2. The van der Waals surface area contributed by atoms with Crippen LogP contribution in [0, 0.1) is 0 Å². The van der Waals surface area contributed by atoms with Crippen molar-refractivity contribution in [3.63, 3.8) is 0 Å². The monoisotopic (exact) mass is 347 g/mol. The van der Waals surface area contributed by atoms with Gasteiger partial charge in [-0.15, -0.1) is 11.3 Å². The van der Waals surface area contributed by atoms with Crippen molar-refractivity contribution in [1.82, 2.24) is 9.88 Å². The largest absolute Gasteiger partial charge is 0.476 e. The van der Waals surface area contributed by atoms with Gasteiger partial charge in [0, 0.05) is 36.7 Å². The summed E-state index contributed by atoms with van der Waals surface area (Å²) < 4.78 is 0.716. The summed E-state index contributed by atoms with van der Waals surface area (Å²) in [6.07, 6.45) is 1.41. The average Bonchev–Trinajstić information content (AvgIpc) is 3.09.